The third kappa shape index (κ3) is 2.29. The van der Waals surface area contributed by atoms with Crippen molar-refractivity contribution in [1.29, 1.82) is 0 Å². The average Bonchev–Trinajstić information content (AvgIpc) is 2.67. The molecule has 82 valence electrons. The maximum Gasteiger partial charge on any atom is 0.206 e. The molecule has 2 nitrogen and oxygen atoms in total. The molecule has 1 aromatic heterocycles. The summed E-state index contributed by atoms with van der Waals surface area (Å²) in [6.45, 7) is 0. The van der Waals surface area contributed by atoms with Crippen LogP contribution in [0.1, 0.15) is 15.2 Å². The standard InChI is InChI=1S/C11H6BrClO2S/c12-6-3-10(16-5-6)11(15)8-4-7(13)1-2-9(8)14/h1-5,14H. The van der Waals surface area contributed by atoms with Gasteiger partial charge in [-0.05, 0) is 40.2 Å². The molecule has 0 bridgehead atoms. The van der Waals surface area contributed by atoms with E-state index in [1.165, 1.54) is 29.5 Å². The van der Waals surface area contributed by atoms with Gasteiger partial charge in [0.05, 0.1) is 10.4 Å². The predicted molar refractivity (Wildman–Crippen MR) is 68.6 cm³/mol. The second kappa shape index (κ2) is 4.57. The number of benzene rings is 1. The van der Waals surface area contributed by atoms with Crippen molar-refractivity contribution < 1.29 is 9.90 Å². The first-order valence-electron chi connectivity index (χ1n) is 4.35. The molecule has 0 radical (unpaired) electrons. The summed E-state index contributed by atoms with van der Waals surface area (Å²) in [5, 5.41) is 11.8. The first kappa shape index (κ1) is 11.6. The summed E-state index contributed by atoms with van der Waals surface area (Å²) < 4.78 is 0.849. The van der Waals surface area contributed by atoms with E-state index >= 15 is 0 Å². The summed E-state index contributed by atoms with van der Waals surface area (Å²) in [5.41, 5.74) is 0.224. The highest BCUT2D eigenvalue weighted by molar-refractivity contribution is 9.10. The van der Waals surface area contributed by atoms with Gasteiger partial charge in [0.25, 0.3) is 0 Å². The molecule has 5 heteroatoms. The first-order chi connectivity index (χ1) is 7.58. The van der Waals surface area contributed by atoms with E-state index < -0.39 is 0 Å². The molecule has 0 saturated heterocycles. The van der Waals surface area contributed by atoms with Crippen LogP contribution in [0.25, 0.3) is 0 Å². The van der Waals surface area contributed by atoms with E-state index in [1.807, 2.05) is 5.38 Å². The van der Waals surface area contributed by atoms with Crippen LogP contribution < -0.4 is 0 Å². The Bertz CT molecular complexity index is 551. The largest absolute Gasteiger partial charge is 0.507 e. The minimum atomic E-state index is -0.226. The molecular formula is C11H6BrClO2S. The molecule has 2 aromatic rings. The second-order valence-corrected chi connectivity index (χ2v) is 5.38. The Morgan fingerprint density at radius 3 is 2.75 bits per heavy atom. The lowest BCUT2D eigenvalue weighted by atomic mass is 10.1. The van der Waals surface area contributed by atoms with Crippen molar-refractivity contribution in [3.8, 4) is 5.75 Å². The van der Waals surface area contributed by atoms with Gasteiger partial charge in [-0.15, -0.1) is 11.3 Å². The Morgan fingerprint density at radius 2 is 2.12 bits per heavy atom. The van der Waals surface area contributed by atoms with Crippen LogP contribution in [0.3, 0.4) is 0 Å². The van der Waals surface area contributed by atoms with E-state index in [2.05, 4.69) is 15.9 Å². The molecule has 0 aliphatic heterocycles. The minimum Gasteiger partial charge on any atom is -0.507 e. The summed E-state index contributed by atoms with van der Waals surface area (Å²) in [6.07, 6.45) is 0. The molecule has 1 heterocycles. The van der Waals surface area contributed by atoms with Crippen molar-refractivity contribution in [3.05, 3.63) is 49.6 Å². The van der Waals surface area contributed by atoms with Crippen LogP contribution in [0.5, 0.6) is 5.75 Å². The van der Waals surface area contributed by atoms with E-state index in [9.17, 15) is 9.90 Å². The Labute approximate surface area is 110 Å². The maximum absolute atomic E-state index is 12.0. The summed E-state index contributed by atoms with van der Waals surface area (Å²) in [5.74, 6) is -0.283. The van der Waals surface area contributed by atoms with Gasteiger partial charge in [0.1, 0.15) is 5.75 Å². The molecule has 1 N–H and O–H groups in total. The van der Waals surface area contributed by atoms with Gasteiger partial charge in [0.15, 0.2) is 0 Å². The van der Waals surface area contributed by atoms with E-state index in [1.54, 1.807) is 6.07 Å². The van der Waals surface area contributed by atoms with E-state index in [0.29, 0.717) is 9.90 Å². The molecule has 1 aromatic carbocycles. The Kier molecular flexibility index (Phi) is 3.33. The fourth-order valence-electron chi connectivity index (χ4n) is 1.25. The summed E-state index contributed by atoms with van der Waals surface area (Å²) in [4.78, 5) is 12.6. The zero-order valence-corrected chi connectivity index (χ0v) is 11.1. The Balaban J connectivity index is 2.45. The molecule has 0 saturated carbocycles. The number of halogens is 2. The predicted octanol–water partition coefficient (Wildman–Crippen LogP) is 4.10. The third-order valence-electron chi connectivity index (χ3n) is 1.99. The lowest BCUT2D eigenvalue weighted by molar-refractivity contribution is 0.104. The maximum atomic E-state index is 12.0. The van der Waals surface area contributed by atoms with Gasteiger partial charge in [-0.2, -0.15) is 0 Å². The SMILES string of the molecule is O=C(c1cc(Br)cs1)c1cc(Cl)ccc1O. The Hall–Kier alpha value is -0.840. The average molecular weight is 318 g/mol. The smallest absolute Gasteiger partial charge is 0.206 e. The molecule has 2 rings (SSSR count). The summed E-state index contributed by atoms with van der Waals surface area (Å²) in [6, 6.07) is 6.14. The molecule has 0 unspecified atom stereocenters. The van der Waals surface area contributed by atoms with Crippen LogP contribution in [0.15, 0.2) is 34.1 Å². The minimum absolute atomic E-state index is 0.0566. The number of rotatable bonds is 2. The number of carbonyl (C=O) groups excluding carboxylic acids is 1. The molecule has 0 fully saturated rings. The normalized spacial score (nSPS) is 10.4. The Morgan fingerprint density at radius 1 is 1.38 bits per heavy atom. The zero-order valence-electron chi connectivity index (χ0n) is 7.91. The number of aromatic hydroxyl groups is 1. The van der Waals surface area contributed by atoms with Crippen molar-refractivity contribution in [2.45, 2.75) is 0 Å². The summed E-state index contributed by atoms with van der Waals surface area (Å²) >= 11 is 10.4. The van der Waals surface area contributed by atoms with E-state index in [0.717, 1.165) is 4.47 Å². The fourth-order valence-corrected chi connectivity index (χ4v) is 2.81. The number of thiophene rings is 1. The lowest BCUT2D eigenvalue weighted by Crippen LogP contribution is -1.98. The van der Waals surface area contributed by atoms with Crippen molar-refractivity contribution in [2.75, 3.05) is 0 Å². The van der Waals surface area contributed by atoms with Crippen LogP contribution >= 0.6 is 38.9 Å². The molecule has 0 spiro atoms. The number of ketones is 1. The van der Waals surface area contributed by atoms with Gasteiger partial charge in [-0.1, -0.05) is 11.6 Å². The molecule has 16 heavy (non-hydrogen) atoms. The number of phenols is 1. The number of hydrogen-bond donors (Lipinski definition) is 1. The highest BCUT2D eigenvalue weighted by Gasteiger charge is 2.15. The monoisotopic (exact) mass is 316 g/mol. The van der Waals surface area contributed by atoms with Crippen molar-refractivity contribution >= 4 is 44.7 Å². The summed E-state index contributed by atoms with van der Waals surface area (Å²) in [7, 11) is 0. The lowest BCUT2D eigenvalue weighted by Gasteiger charge is -2.02. The van der Waals surface area contributed by atoms with Crippen LogP contribution in [0.4, 0.5) is 0 Å². The molecule has 0 amide bonds. The van der Waals surface area contributed by atoms with E-state index in [-0.39, 0.29) is 17.1 Å². The van der Waals surface area contributed by atoms with Gasteiger partial charge >= 0.3 is 0 Å². The fraction of sp³-hybridized carbons (Fsp3) is 0. The molecule has 0 atom stereocenters. The van der Waals surface area contributed by atoms with Crippen molar-refractivity contribution in [2.24, 2.45) is 0 Å². The highest BCUT2D eigenvalue weighted by Crippen LogP contribution is 2.28. The number of hydrogen-bond acceptors (Lipinski definition) is 3. The van der Waals surface area contributed by atoms with Gasteiger partial charge in [0.2, 0.25) is 5.78 Å². The zero-order chi connectivity index (χ0) is 11.7. The van der Waals surface area contributed by atoms with Crippen LogP contribution in [-0.2, 0) is 0 Å². The molecule has 0 aliphatic rings. The topological polar surface area (TPSA) is 37.3 Å². The second-order valence-electron chi connectivity index (χ2n) is 3.12. The third-order valence-corrected chi connectivity index (χ3v) is 3.92. The van der Waals surface area contributed by atoms with Crippen LogP contribution in [0, 0.1) is 0 Å². The van der Waals surface area contributed by atoms with E-state index in [4.69, 9.17) is 11.6 Å². The quantitative estimate of drug-likeness (QED) is 0.847. The van der Waals surface area contributed by atoms with Gasteiger partial charge in [-0.3, -0.25) is 4.79 Å². The van der Waals surface area contributed by atoms with Gasteiger partial charge < -0.3 is 5.11 Å². The van der Waals surface area contributed by atoms with Gasteiger partial charge in [-0.25, -0.2) is 0 Å². The number of phenolic OH excluding ortho intramolecular Hbond substituents is 1. The van der Waals surface area contributed by atoms with Crippen LogP contribution in [-0.4, -0.2) is 10.9 Å². The first-order valence-corrected chi connectivity index (χ1v) is 6.40. The molecule has 0 aliphatic carbocycles. The van der Waals surface area contributed by atoms with Crippen LogP contribution in [0.2, 0.25) is 5.02 Å². The van der Waals surface area contributed by atoms with Crippen molar-refractivity contribution in [1.82, 2.24) is 0 Å². The highest BCUT2D eigenvalue weighted by atomic mass is 79.9. The van der Waals surface area contributed by atoms with Crippen molar-refractivity contribution in [3.63, 3.8) is 0 Å². The molecular weight excluding hydrogens is 312 g/mol. The van der Waals surface area contributed by atoms with Gasteiger partial charge in [0, 0.05) is 14.9 Å². The number of carbonyl (C=O) groups is 1.